The summed E-state index contributed by atoms with van der Waals surface area (Å²) in [6, 6.07) is 19.3. The van der Waals surface area contributed by atoms with Crippen LogP contribution in [0.25, 0.3) is 0 Å². The van der Waals surface area contributed by atoms with Gasteiger partial charge < -0.3 is 25.2 Å². The van der Waals surface area contributed by atoms with Crippen LogP contribution in [0.2, 0.25) is 0 Å². The Morgan fingerprint density at radius 3 is 2.35 bits per heavy atom. The van der Waals surface area contributed by atoms with Crippen molar-refractivity contribution in [2.24, 2.45) is 0 Å². The first-order chi connectivity index (χ1) is 20.7. The summed E-state index contributed by atoms with van der Waals surface area (Å²) >= 11 is 0. The van der Waals surface area contributed by atoms with E-state index in [2.05, 4.69) is 23.6 Å². The smallest absolute Gasteiger partial charge is 0.337 e. The Kier molecular flexibility index (Phi) is 10.8. The molecule has 1 aliphatic carbocycles. The van der Waals surface area contributed by atoms with Crippen molar-refractivity contribution in [3.8, 4) is 23.3 Å². The van der Waals surface area contributed by atoms with E-state index in [1.807, 2.05) is 0 Å². The SMILES string of the molecule is CCCCC(=O)NC1CCC(Oc2ccc(Oc3ccc(CC(=O)Nc4ccc(C)cc4C(=O)O)cc3)c(C#N)c2)CC1. The van der Waals surface area contributed by atoms with Gasteiger partial charge in [-0.1, -0.05) is 37.1 Å². The van der Waals surface area contributed by atoms with Gasteiger partial charge in [-0.15, -0.1) is 0 Å². The molecule has 4 rings (SSSR count). The standard InChI is InChI=1S/C34H37N3O6/c1-3-4-5-32(38)36-25-9-13-26(14-10-25)42-28-15-17-31(24(20-28)21-35)43-27-11-7-23(8-12-27)19-33(39)37-30-16-6-22(2)18-29(30)34(40)41/h6-8,11-12,15-18,20,25-26H,3-5,9-10,13-14,19H2,1-2H3,(H,36,38)(H,37,39)(H,40,41). The lowest BCUT2D eigenvalue weighted by atomic mass is 9.92. The minimum atomic E-state index is -1.11. The van der Waals surface area contributed by atoms with E-state index in [0.717, 1.165) is 44.1 Å². The number of carbonyl (C=O) groups is 3. The molecule has 9 heteroatoms. The maximum absolute atomic E-state index is 12.6. The highest BCUT2D eigenvalue weighted by molar-refractivity contribution is 6.01. The number of nitrogens with one attached hydrogen (secondary N) is 2. The molecular weight excluding hydrogens is 546 g/mol. The van der Waals surface area contributed by atoms with Crippen molar-refractivity contribution in [3.63, 3.8) is 0 Å². The average molecular weight is 584 g/mol. The van der Waals surface area contributed by atoms with E-state index >= 15 is 0 Å². The maximum Gasteiger partial charge on any atom is 0.337 e. The van der Waals surface area contributed by atoms with E-state index in [4.69, 9.17) is 9.47 Å². The molecule has 43 heavy (non-hydrogen) atoms. The first-order valence-corrected chi connectivity index (χ1v) is 14.6. The molecule has 3 N–H and O–H groups in total. The number of carboxylic acids is 1. The van der Waals surface area contributed by atoms with Crippen molar-refractivity contribution in [3.05, 3.63) is 82.9 Å². The second kappa shape index (κ2) is 14.9. The fourth-order valence-electron chi connectivity index (χ4n) is 5.04. The van der Waals surface area contributed by atoms with Gasteiger partial charge in [0.05, 0.1) is 29.3 Å². The van der Waals surface area contributed by atoms with Gasteiger partial charge in [-0.05, 0) is 81.0 Å². The molecule has 224 valence electrons. The molecule has 0 saturated heterocycles. The molecule has 9 nitrogen and oxygen atoms in total. The molecule has 0 aliphatic heterocycles. The predicted molar refractivity (Wildman–Crippen MR) is 162 cm³/mol. The Morgan fingerprint density at radius 2 is 1.67 bits per heavy atom. The summed E-state index contributed by atoms with van der Waals surface area (Å²) in [6.07, 6.45) is 5.94. The van der Waals surface area contributed by atoms with Crippen LogP contribution >= 0.6 is 0 Å². The Bertz CT molecular complexity index is 1490. The van der Waals surface area contributed by atoms with Crippen LogP contribution in [-0.2, 0) is 16.0 Å². The number of hydrogen-bond acceptors (Lipinski definition) is 6. The van der Waals surface area contributed by atoms with E-state index in [9.17, 15) is 24.8 Å². The minimum absolute atomic E-state index is 0.0218. The van der Waals surface area contributed by atoms with Crippen LogP contribution in [-0.4, -0.2) is 35.0 Å². The van der Waals surface area contributed by atoms with Crippen LogP contribution in [0, 0.1) is 18.3 Å². The maximum atomic E-state index is 12.6. The van der Waals surface area contributed by atoms with Gasteiger partial charge in [0.25, 0.3) is 0 Å². The monoisotopic (exact) mass is 583 g/mol. The first-order valence-electron chi connectivity index (χ1n) is 14.6. The lowest BCUT2D eigenvalue weighted by Crippen LogP contribution is -2.39. The second-order valence-electron chi connectivity index (χ2n) is 10.9. The van der Waals surface area contributed by atoms with Crippen LogP contribution in [0.1, 0.15) is 78.9 Å². The number of benzene rings is 3. The fraction of sp³-hybridized carbons (Fsp3) is 0.353. The second-order valence-corrected chi connectivity index (χ2v) is 10.9. The molecule has 0 heterocycles. The van der Waals surface area contributed by atoms with Crippen LogP contribution in [0.3, 0.4) is 0 Å². The van der Waals surface area contributed by atoms with Crippen LogP contribution in [0.15, 0.2) is 60.7 Å². The number of unbranched alkanes of at least 4 members (excludes halogenated alkanes) is 1. The number of amides is 2. The third-order valence-electron chi connectivity index (χ3n) is 7.37. The Hall–Kier alpha value is -4.84. The summed E-state index contributed by atoms with van der Waals surface area (Å²) in [5, 5.41) is 24.9. The van der Waals surface area contributed by atoms with Gasteiger partial charge in [-0.25, -0.2) is 4.79 Å². The highest BCUT2D eigenvalue weighted by atomic mass is 16.5. The van der Waals surface area contributed by atoms with Crippen LogP contribution in [0.5, 0.6) is 17.2 Å². The number of anilines is 1. The zero-order chi connectivity index (χ0) is 30.8. The summed E-state index contributed by atoms with van der Waals surface area (Å²) < 4.78 is 12.1. The summed E-state index contributed by atoms with van der Waals surface area (Å²) in [5.74, 6) is 0.159. The topological polar surface area (TPSA) is 138 Å². The number of aryl methyl sites for hydroxylation is 1. The van der Waals surface area contributed by atoms with Gasteiger partial charge in [0.2, 0.25) is 11.8 Å². The number of nitrogens with zero attached hydrogens (tertiary/aromatic N) is 1. The highest BCUT2D eigenvalue weighted by Crippen LogP contribution is 2.31. The van der Waals surface area contributed by atoms with Crippen LogP contribution in [0.4, 0.5) is 5.69 Å². The van der Waals surface area contributed by atoms with E-state index in [1.54, 1.807) is 61.5 Å². The summed E-state index contributed by atoms with van der Waals surface area (Å²) in [4.78, 5) is 36.1. The number of carboxylic acid groups (broad SMARTS) is 1. The predicted octanol–water partition coefficient (Wildman–Crippen LogP) is 6.53. The van der Waals surface area contributed by atoms with Crippen molar-refractivity contribution in [2.75, 3.05) is 5.32 Å². The molecule has 1 fully saturated rings. The number of aromatic carboxylic acids is 1. The molecule has 0 radical (unpaired) electrons. The van der Waals surface area contributed by atoms with Gasteiger partial charge >= 0.3 is 5.97 Å². The Labute approximate surface area is 251 Å². The molecule has 2 amide bonds. The number of rotatable bonds is 12. The molecule has 1 aliphatic rings. The van der Waals surface area contributed by atoms with Gasteiger partial charge in [0, 0.05) is 18.5 Å². The van der Waals surface area contributed by atoms with Crippen molar-refractivity contribution < 1.29 is 29.0 Å². The molecular formula is C34H37N3O6. The molecule has 0 aromatic heterocycles. The molecule has 0 spiro atoms. The lowest BCUT2D eigenvalue weighted by Gasteiger charge is -2.29. The van der Waals surface area contributed by atoms with Gasteiger partial charge in [-0.3, -0.25) is 9.59 Å². The number of nitriles is 1. The summed E-state index contributed by atoms with van der Waals surface area (Å²) in [6.45, 7) is 3.86. The van der Waals surface area contributed by atoms with E-state index in [1.165, 1.54) is 6.07 Å². The molecule has 0 unspecified atom stereocenters. The number of carbonyl (C=O) groups excluding carboxylic acids is 2. The first kappa shape index (κ1) is 31.1. The third-order valence-corrected chi connectivity index (χ3v) is 7.37. The average Bonchev–Trinajstić information content (AvgIpc) is 2.99. The number of ether oxygens (including phenoxy) is 2. The van der Waals surface area contributed by atoms with Crippen LogP contribution < -0.4 is 20.1 Å². The van der Waals surface area contributed by atoms with E-state index in [-0.39, 0.29) is 41.6 Å². The minimum Gasteiger partial charge on any atom is -0.490 e. The Balaban J connectivity index is 1.29. The van der Waals surface area contributed by atoms with Crippen molar-refractivity contribution >= 4 is 23.5 Å². The zero-order valence-corrected chi connectivity index (χ0v) is 24.5. The third kappa shape index (κ3) is 9.07. The van der Waals surface area contributed by atoms with Gasteiger partial charge in [0.1, 0.15) is 23.3 Å². The van der Waals surface area contributed by atoms with Crippen molar-refractivity contribution in [1.82, 2.24) is 5.32 Å². The Morgan fingerprint density at radius 1 is 0.953 bits per heavy atom. The highest BCUT2D eigenvalue weighted by Gasteiger charge is 2.24. The summed E-state index contributed by atoms with van der Waals surface area (Å²) in [7, 11) is 0. The van der Waals surface area contributed by atoms with Gasteiger partial charge in [0.15, 0.2) is 0 Å². The van der Waals surface area contributed by atoms with E-state index in [0.29, 0.717) is 34.8 Å². The van der Waals surface area contributed by atoms with Crippen molar-refractivity contribution in [1.29, 1.82) is 5.26 Å². The normalized spacial score (nSPS) is 16.0. The van der Waals surface area contributed by atoms with E-state index < -0.39 is 5.97 Å². The summed E-state index contributed by atoms with van der Waals surface area (Å²) in [5.41, 5.74) is 2.13. The molecule has 0 atom stereocenters. The molecule has 1 saturated carbocycles. The van der Waals surface area contributed by atoms with Crippen molar-refractivity contribution in [2.45, 2.75) is 77.4 Å². The molecule has 0 bridgehead atoms. The quantitative estimate of drug-likeness (QED) is 0.220. The fourth-order valence-corrected chi connectivity index (χ4v) is 5.04. The number of hydrogen-bond donors (Lipinski definition) is 3. The molecule has 3 aromatic rings. The van der Waals surface area contributed by atoms with Gasteiger partial charge in [-0.2, -0.15) is 5.26 Å². The zero-order valence-electron chi connectivity index (χ0n) is 24.5. The molecule has 3 aromatic carbocycles. The lowest BCUT2D eigenvalue weighted by molar-refractivity contribution is -0.122. The largest absolute Gasteiger partial charge is 0.490 e.